The zero-order valence-electron chi connectivity index (χ0n) is 12.9. The highest BCUT2D eigenvalue weighted by Crippen LogP contribution is 2.18. The highest BCUT2D eigenvalue weighted by atomic mass is 127. The van der Waals surface area contributed by atoms with Gasteiger partial charge in [-0.15, -0.1) is 0 Å². The quantitative estimate of drug-likeness (QED) is 0.308. The van der Waals surface area contributed by atoms with Crippen molar-refractivity contribution < 1.29 is 9.47 Å². The monoisotopic (exact) mass is 424 g/mol. The van der Waals surface area contributed by atoms with Crippen LogP contribution in [0.25, 0.3) is 0 Å². The van der Waals surface area contributed by atoms with E-state index in [2.05, 4.69) is 19.9 Å². The van der Waals surface area contributed by atoms with Crippen molar-refractivity contribution in [1.29, 1.82) is 0 Å². The van der Waals surface area contributed by atoms with E-state index in [-0.39, 0.29) is 0 Å². The van der Waals surface area contributed by atoms with Crippen molar-refractivity contribution in [3.63, 3.8) is 0 Å². The minimum atomic E-state index is 0.455. The topological polar surface area (TPSA) is 69.5 Å². The van der Waals surface area contributed by atoms with Crippen molar-refractivity contribution in [3.05, 3.63) is 52.5 Å². The lowest BCUT2D eigenvalue weighted by Gasteiger charge is -2.10. The molecule has 0 unspecified atom stereocenters. The first kappa shape index (κ1) is 17.3. The summed E-state index contributed by atoms with van der Waals surface area (Å²) in [6.45, 7) is 2.05. The molecule has 0 saturated heterocycles. The Hall–Kier alpha value is -2.03. The number of halogens is 1. The predicted octanol–water partition coefficient (Wildman–Crippen LogP) is 3.43. The third-order valence-corrected chi connectivity index (χ3v) is 3.37. The molecule has 0 atom stereocenters. The summed E-state index contributed by atoms with van der Waals surface area (Å²) in [5.41, 5.74) is 0.894. The summed E-state index contributed by atoms with van der Waals surface area (Å²) in [5, 5.41) is 0. The first-order valence-corrected chi connectivity index (χ1v) is 8.14. The van der Waals surface area contributed by atoms with Gasteiger partial charge in [0.25, 0.3) is 0 Å². The molecule has 23 heavy (non-hydrogen) atoms. The number of aromatic nitrogens is 3. The first-order valence-electron chi connectivity index (χ1n) is 7.07. The average Bonchev–Trinajstić information content (AvgIpc) is 2.57. The SMILES string of the molecule is CC/C=C\N=C(Cc1cnccc1OC)Oc1cnc(I)nc1. The number of allylic oxidation sites excluding steroid dienone is 1. The Bertz CT molecular complexity index is 687. The molecule has 0 spiro atoms. The second kappa shape index (κ2) is 9.19. The zero-order chi connectivity index (χ0) is 16.5. The molecule has 0 fully saturated rings. The Morgan fingerprint density at radius 1 is 1.30 bits per heavy atom. The van der Waals surface area contributed by atoms with Crippen molar-refractivity contribution in [2.45, 2.75) is 19.8 Å². The lowest BCUT2D eigenvalue weighted by molar-refractivity contribution is 0.409. The maximum Gasteiger partial charge on any atom is 0.199 e. The minimum absolute atomic E-state index is 0.455. The smallest absolute Gasteiger partial charge is 0.199 e. The molecule has 0 saturated carbocycles. The van der Waals surface area contributed by atoms with Crippen LogP contribution in [0.2, 0.25) is 0 Å². The van der Waals surface area contributed by atoms with Crippen molar-refractivity contribution in [3.8, 4) is 11.5 Å². The summed E-state index contributed by atoms with van der Waals surface area (Å²) < 4.78 is 11.8. The van der Waals surface area contributed by atoms with E-state index in [0.717, 1.165) is 17.7 Å². The molecule has 6 nitrogen and oxygen atoms in total. The molecule has 2 rings (SSSR count). The number of nitrogens with zero attached hydrogens (tertiary/aromatic N) is 4. The third-order valence-electron chi connectivity index (χ3n) is 2.81. The summed E-state index contributed by atoms with van der Waals surface area (Å²) in [7, 11) is 1.63. The number of hydrogen-bond acceptors (Lipinski definition) is 6. The van der Waals surface area contributed by atoms with Crippen LogP contribution >= 0.6 is 22.6 Å². The number of rotatable bonds is 6. The number of hydrogen-bond donors (Lipinski definition) is 0. The van der Waals surface area contributed by atoms with Gasteiger partial charge in [-0.25, -0.2) is 15.0 Å². The normalized spacial score (nSPS) is 11.7. The second-order valence-corrected chi connectivity index (χ2v) is 5.43. The van der Waals surface area contributed by atoms with Gasteiger partial charge in [-0.1, -0.05) is 13.0 Å². The largest absolute Gasteiger partial charge is 0.496 e. The number of ether oxygens (including phenoxy) is 2. The van der Waals surface area contributed by atoms with Gasteiger partial charge in [0, 0.05) is 46.7 Å². The Balaban J connectivity index is 2.21. The lowest BCUT2D eigenvalue weighted by atomic mass is 10.2. The number of methoxy groups -OCH3 is 1. The van der Waals surface area contributed by atoms with Crippen LogP contribution in [0.5, 0.6) is 11.5 Å². The summed E-state index contributed by atoms with van der Waals surface area (Å²) in [6.07, 6.45) is 11.7. The van der Waals surface area contributed by atoms with Gasteiger partial charge < -0.3 is 9.47 Å². The van der Waals surface area contributed by atoms with Gasteiger partial charge in [0.15, 0.2) is 15.5 Å². The van der Waals surface area contributed by atoms with Gasteiger partial charge >= 0.3 is 0 Å². The highest BCUT2D eigenvalue weighted by Gasteiger charge is 2.10. The number of aliphatic imine (C=N–C) groups is 1. The van der Waals surface area contributed by atoms with E-state index in [1.807, 2.05) is 41.7 Å². The maximum absolute atomic E-state index is 5.81. The molecular weight excluding hydrogens is 407 g/mol. The standard InChI is InChI=1S/C16H17IN4O2/c1-3-4-6-19-15(23-13-10-20-16(17)21-11-13)8-12-9-18-7-5-14(12)22-2/h4-7,9-11H,3,8H2,1-2H3/b6-4-,19-15?. The molecule has 120 valence electrons. The number of pyridine rings is 1. The molecule has 0 aliphatic carbocycles. The van der Waals surface area contributed by atoms with E-state index in [9.17, 15) is 0 Å². The molecule has 0 aliphatic rings. The molecule has 0 amide bonds. The van der Waals surface area contributed by atoms with Crippen molar-refractivity contribution >= 4 is 28.5 Å². The zero-order valence-corrected chi connectivity index (χ0v) is 15.1. The van der Waals surface area contributed by atoms with Crippen LogP contribution in [0.15, 0.2) is 48.1 Å². The predicted molar refractivity (Wildman–Crippen MR) is 96.7 cm³/mol. The summed E-state index contributed by atoms with van der Waals surface area (Å²) in [5.74, 6) is 1.80. The van der Waals surface area contributed by atoms with Crippen LogP contribution in [0.1, 0.15) is 18.9 Å². The van der Waals surface area contributed by atoms with Gasteiger partial charge in [-0.2, -0.15) is 0 Å². The van der Waals surface area contributed by atoms with Crippen LogP contribution in [0.3, 0.4) is 0 Å². The molecule has 2 aromatic heterocycles. The Morgan fingerprint density at radius 2 is 2.09 bits per heavy atom. The summed E-state index contributed by atoms with van der Waals surface area (Å²) in [4.78, 5) is 16.7. The molecule has 0 aliphatic heterocycles. The summed E-state index contributed by atoms with van der Waals surface area (Å²) >= 11 is 2.04. The Morgan fingerprint density at radius 3 is 2.78 bits per heavy atom. The minimum Gasteiger partial charge on any atom is -0.496 e. The maximum atomic E-state index is 5.81. The van der Waals surface area contributed by atoms with Crippen LogP contribution in [-0.4, -0.2) is 28.0 Å². The fraction of sp³-hybridized carbons (Fsp3) is 0.250. The molecular formula is C16H17IN4O2. The fourth-order valence-corrected chi connectivity index (χ4v) is 2.03. The molecule has 2 aromatic rings. The van der Waals surface area contributed by atoms with E-state index >= 15 is 0 Å². The van der Waals surface area contributed by atoms with Crippen LogP contribution < -0.4 is 9.47 Å². The molecule has 0 bridgehead atoms. The Labute approximate surface area is 148 Å². The molecule has 0 radical (unpaired) electrons. The summed E-state index contributed by atoms with van der Waals surface area (Å²) in [6, 6.07) is 1.81. The van der Waals surface area contributed by atoms with E-state index in [4.69, 9.17) is 9.47 Å². The van der Waals surface area contributed by atoms with Crippen LogP contribution in [-0.2, 0) is 6.42 Å². The second-order valence-electron chi connectivity index (χ2n) is 4.47. The van der Waals surface area contributed by atoms with Crippen LogP contribution in [0.4, 0.5) is 0 Å². The first-order chi connectivity index (χ1) is 11.2. The third kappa shape index (κ3) is 5.59. The highest BCUT2D eigenvalue weighted by molar-refractivity contribution is 14.1. The average molecular weight is 424 g/mol. The van der Waals surface area contributed by atoms with Gasteiger partial charge in [0.2, 0.25) is 0 Å². The van der Waals surface area contributed by atoms with Gasteiger partial charge in [0.05, 0.1) is 25.9 Å². The molecule has 0 aromatic carbocycles. The Kier molecular flexibility index (Phi) is 6.92. The van der Waals surface area contributed by atoms with E-state index in [1.165, 1.54) is 0 Å². The lowest BCUT2D eigenvalue weighted by Crippen LogP contribution is -2.13. The van der Waals surface area contributed by atoms with Gasteiger partial charge in [-0.3, -0.25) is 4.98 Å². The van der Waals surface area contributed by atoms with Crippen molar-refractivity contribution in [2.75, 3.05) is 7.11 Å². The van der Waals surface area contributed by atoms with Gasteiger partial charge in [0.1, 0.15) is 5.75 Å². The van der Waals surface area contributed by atoms with Gasteiger partial charge in [-0.05, 0) is 12.5 Å². The van der Waals surface area contributed by atoms with Crippen LogP contribution in [0, 0.1) is 3.83 Å². The van der Waals surface area contributed by atoms with E-state index in [1.54, 1.807) is 38.1 Å². The van der Waals surface area contributed by atoms with Crippen molar-refractivity contribution in [2.24, 2.45) is 4.99 Å². The fourth-order valence-electron chi connectivity index (χ4n) is 1.75. The van der Waals surface area contributed by atoms with E-state index in [0.29, 0.717) is 21.9 Å². The molecule has 7 heteroatoms. The van der Waals surface area contributed by atoms with E-state index < -0.39 is 0 Å². The molecule has 0 N–H and O–H groups in total. The molecule has 2 heterocycles. The van der Waals surface area contributed by atoms with Crippen molar-refractivity contribution in [1.82, 2.24) is 15.0 Å².